The fourth-order valence-electron chi connectivity index (χ4n) is 3.81. The Morgan fingerprint density at radius 2 is 1.94 bits per heavy atom. The van der Waals surface area contributed by atoms with Crippen LogP contribution in [0, 0.1) is 16.4 Å². The molecule has 5 rings (SSSR count). The number of nitrogens with one attached hydrogen (secondary N) is 2. The summed E-state index contributed by atoms with van der Waals surface area (Å²) in [5.74, 6) is -2.09. The third kappa shape index (κ3) is 4.29. The van der Waals surface area contributed by atoms with Gasteiger partial charge in [-0.3, -0.25) is 4.98 Å². The second kappa shape index (κ2) is 8.57. The largest absolute Gasteiger partial charge is 0.471 e. The van der Waals surface area contributed by atoms with Crippen molar-refractivity contribution >= 4 is 32.5 Å². The van der Waals surface area contributed by atoms with Gasteiger partial charge in [0.15, 0.2) is 11.8 Å². The number of benzene rings is 1. The minimum Gasteiger partial charge on any atom is -0.471 e. The van der Waals surface area contributed by atoms with Gasteiger partial charge in [-0.15, -0.1) is 0 Å². The number of halogens is 3. The molecule has 0 saturated carbocycles. The van der Waals surface area contributed by atoms with Gasteiger partial charge in [0.2, 0.25) is 5.88 Å². The standard InChI is InChI=1S/C20H19ClF2N4O6S/c1-34(24,29)8-2-11(22)9(12(23)3-8)5-32-19-10(21)4-13-18(26-19)27-20(25-13)33-15-7-31-16-14(28)6-30-17(15)16/h2-4,14-17,24,28H,5-7H2,1H3,(H,25,26,27)/t14-,15-,16-,17-,34?/m1/s1. The van der Waals surface area contributed by atoms with Crippen LogP contribution in [-0.4, -0.2) is 68.2 Å². The summed E-state index contributed by atoms with van der Waals surface area (Å²) in [7, 11) is -3.28. The molecule has 1 aromatic carbocycles. The van der Waals surface area contributed by atoms with Gasteiger partial charge in [-0.25, -0.2) is 17.8 Å². The van der Waals surface area contributed by atoms with Crippen LogP contribution in [0.2, 0.25) is 5.02 Å². The number of aromatic nitrogens is 3. The Hall–Kier alpha value is -2.58. The van der Waals surface area contributed by atoms with Gasteiger partial charge in [0, 0.05) is 6.26 Å². The molecule has 2 aromatic heterocycles. The molecule has 1 unspecified atom stereocenters. The van der Waals surface area contributed by atoms with Gasteiger partial charge in [-0.05, 0) is 18.2 Å². The number of pyridine rings is 1. The highest BCUT2D eigenvalue weighted by atomic mass is 35.5. The minimum atomic E-state index is -3.28. The Morgan fingerprint density at radius 1 is 1.24 bits per heavy atom. The van der Waals surface area contributed by atoms with E-state index in [1.165, 1.54) is 6.07 Å². The highest BCUT2D eigenvalue weighted by molar-refractivity contribution is 7.91. The van der Waals surface area contributed by atoms with E-state index in [0.29, 0.717) is 5.52 Å². The first-order chi connectivity index (χ1) is 16.1. The zero-order valence-electron chi connectivity index (χ0n) is 17.6. The molecule has 0 amide bonds. The lowest BCUT2D eigenvalue weighted by Gasteiger charge is -2.15. The molecular formula is C20H19ClF2N4O6S. The Kier molecular flexibility index (Phi) is 5.84. The van der Waals surface area contributed by atoms with Crippen molar-refractivity contribution in [2.45, 2.75) is 35.9 Å². The van der Waals surface area contributed by atoms with Gasteiger partial charge in [-0.1, -0.05) is 11.6 Å². The molecule has 14 heteroatoms. The highest BCUT2D eigenvalue weighted by Crippen LogP contribution is 2.32. The van der Waals surface area contributed by atoms with E-state index >= 15 is 0 Å². The molecule has 2 aliphatic rings. The van der Waals surface area contributed by atoms with E-state index in [0.717, 1.165) is 18.4 Å². The van der Waals surface area contributed by atoms with E-state index in [1.807, 2.05) is 0 Å². The van der Waals surface area contributed by atoms with Crippen molar-refractivity contribution in [3.8, 4) is 11.9 Å². The lowest BCUT2D eigenvalue weighted by molar-refractivity contribution is 0.00706. The number of H-pyrrole nitrogens is 1. The Balaban J connectivity index is 1.33. The van der Waals surface area contributed by atoms with E-state index in [2.05, 4.69) is 15.0 Å². The van der Waals surface area contributed by atoms with E-state index in [-0.39, 0.29) is 40.7 Å². The predicted molar refractivity (Wildman–Crippen MR) is 115 cm³/mol. The van der Waals surface area contributed by atoms with Gasteiger partial charge < -0.3 is 24.1 Å². The first-order valence-corrected chi connectivity index (χ1v) is 12.4. The number of aliphatic hydroxyl groups is 1. The zero-order valence-corrected chi connectivity index (χ0v) is 19.2. The first kappa shape index (κ1) is 23.2. The molecule has 2 fully saturated rings. The summed E-state index contributed by atoms with van der Waals surface area (Å²) >= 11 is 6.20. The lowest BCUT2D eigenvalue weighted by atomic mass is 10.1. The van der Waals surface area contributed by atoms with Crippen LogP contribution in [0.1, 0.15) is 5.56 Å². The van der Waals surface area contributed by atoms with Crippen LogP contribution in [0.15, 0.2) is 23.1 Å². The van der Waals surface area contributed by atoms with E-state index in [4.69, 9.17) is 35.3 Å². The summed E-state index contributed by atoms with van der Waals surface area (Å²) < 4.78 is 70.3. The van der Waals surface area contributed by atoms with Crippen LogP contribution < -0.4 is 9.47 Å². The molecule has 182 valence electrons. The van der Waals surface area contributed by atoms with Crippen LogP contribution in [0.4, 0.5) is 8.78 Å². The zero-order chi connectivity index (χ0) is 24.2. The maximum atomic E-state index is 14.4. The van der Waals surface area contributed by atoms with Crippen LogP contribution in [0.3, 0.4) is 0 Å². The number of nitrogens with zero attached hydrogens (tertiary/aromatic N) is 2. The van der Waals surface area contributed by atoms with Gasteiger partial charge in [-0.2, -0.15) is 9.97 Å². The fourth-order valence-corrected chi connectivity index (χ4v) is 4.66. The average molecular weight is 517 g/mol. The number of imidazole rings is 1. The SMILES string of the molecule is CS(=N)(=O)c1cc(F)c(COc2nc3[nH]c(O[C@@H]4CO[C@H]5[C@@H]4OC[C@H]5O)nc3cc2Cl)c(F)c1. The van der Waals surface area contributed by atoms with E-state index < -0.39 is 57.9 Å². The molecule has 0 bridgehead atoms. The van der Waals surface area contributed by atoms with Crippen molar-refractivity contribution < 1.29 is 37.0 Å². The number of aromatic amines is 1. The normalized spacial score (nSPS) is 25.9. The second-order valence-electron chi connectivity index (χ2n) is 8.00. The van der Waals surface area contributed by atoms with Gasteiger partial charge in [0.25, 0.3) is 6.01 Å². The van der Waals surface area contributed by atoms with Crippen LogP contribution in [0.5, 0.6) is 11.9 Å². The van der Waals surface area contributed by atoms with Gasteiger partial charge in [0.1, 0.15) is 47.1 Å². The van der Waals surface area contributed by atoms with Crippen molar-refractivity contribution in [3.05, 3.63) is 40.4 Å². The van der Waals surface area contributed by atoms with Crippen molar-refractivity contribution in [2.75, 3.05) is 19.5 Å². The van der Waals surface area contributed by atoms with Crippen LogP contribution in [-0.2, 0) is 25.8 Å². The maximum Gasteiger partial charge on any atom is 0.296 e. The van der Waals surface area contributed by atoms with E-state index in [9.17, 15) is 18.1 Å². The molecule has 10 nitrogen and oxygen atoms in total. The average Bonchev–Trinajstić information content (AvgIpc) is 3.43. The molecule has 5 atom stereocenters. The van der Waals surface area contributed by atoms with Crippen molar-refractivity contribution in [1.29, 1.82) is 4.78 Å². The molecule has 3 N–H and O–H groups in total. The summed E-state index contributed by atoms with van der Waals surface area (Å²) in [6.07, 6.45) is -1.00. The number of hydrogen-bond acceptors (Lipinski definition) is 9. The molecule has 34 heavy (non-hydrogen) atoms. The van der Waals surface area contributed by atoms with Gasteiger partial charge in [0.05, 0.1) is 33.4 Å². The highest BCUT2D eigenvalue weighted by Gasteiger charge is 2.48. The third-order valence-electron chi connectivity index (χ3n) is 5.53. The number of rotatable bonds is 6. The van der Waals surface area contributed by atoms with E-state index in [1.54, 1.807) is 0 Å². The summed E-state index contributed by atoms with van der Waals surface area (Å²) in [6.45, 7) is -0.161. The van der Waals surface area contributed by atoms with Crippen LogP contribution >= 0.6 is 11.6 Å². The quantitative estimate of drug-likeness (QED) is 0.454. The van der Waals surface area contributed by atoms with Gasteiger partial charge >= 0.3 is 0 Å². The Bertz CT molecular complexity index is 1350. The summed E-state index contributed by atoms with van der Waals surface area (Å²) in [5.41, 5.74) is 0.201. The maximum absolute atomic E-state index is 14.4. The molecule has 2 saturated heterocycles. The minimum absolute atomic E-state index is 0.0530. The Labute approximate surface area is 197 Å². The summed E-state index contributed by atoms with van der Waals surface area (Å²) in [5, 5.41) is 9.89. The predicted octanol–water partition coefficient (Wildman–Crippen LogP) is 2.41. The molecule has 0 spiro atoms. The molecule has 2 aliphatic heterocycles. The lowest BCUT2D eigenvalue weighted by Crippen LogP contribution is -2.34. The monoisotopic (exact) mass is 516 g/mol. The Morgan fingerprint density at radius 3 is 2.65 bits per heavy atom. The van der Waals surface area contributed by atoms with Crippen molar-refractivity contribution in [3.63, 3.8) is 0 Å². The third-order valence-corrected chi connectivity index (χ3v) is 6.94. The molecule has 0 aliphatic carbocycles. The molecule has 0 radical (unpaired) electrons. The second-order valence-corrected chi connectivity index (χ2v) is 10.6. The van der Waals surface area contributed by atoms with Crippen molar-refractivity contribution in [1.82, 2.24) is 15.0 Å². The smallest absolute Gasteiger partial charge is 0.296 e. The number of aliphatic hydroxyl groups excluding tert-OH is 1. The molecular weight excluding hydrogens is 498 g/mol. The number of hydrogen-bond donors (Lipinski definition) is 3. The van der Waals surface area contributed by atoms with Crippen LogP contribution in [0.25, 0.3) is 11.2 Å². The molecule has 4 heterocycles. The topological polar surface area (TPSA) is 140 Å². The number of ether oxygens (including phenoxy) is 4. The molecule has 3 aromatic rings. The first-order valence-electron chi connectivity index (χ1n) is 10.1. The number of fused-ring (bicyclic) bond motifs is 2. The summed E-state index contributed by atoms with van der Waals surface area (Å²) in [6, 6.07) is 3.27. The summed E-state index contributed by atoms with van der Waals surface area (Å²) in [4.78, 5) is 11.1. The van der Waals surface area contributed by atoms with Crippen molar-refractivity contribution in [2.24, 2.45) is 0 Å². The fraction of sp³-hybridized carbons (Fsp3) is 0.400.